The van der Waals surface area contributed by atoms with Crippen molar-refractivity contribution in [3.63, 3.8) is 0 Å². The standard InChI is InChI=1S/C31H27N5O3S/c1-20-10-6-9-15-27(20)38-17-16-35-21(2)24(23-13-7-8-14-26(23)35)18-25-29(32)36-31(33-30(25)37)40-28(34-36)19-39-22-11-4-3-5-12-22/h3-15,18,32H,16-17,19H2,1-2H3/b25-18-,32-29?. The summed E-state index contributed by atoms with van der Waals surface area (Å²) >= 11 is 1.24. The van der Waals surface area contributed by atoms with Crippen molar-refractivity contribution in [1.29, 1.82) is 5.41 Å². The van der Waals surface area contributed by atoms with Gasteiger partial charge in [-0.3, -0.25) is 10.2 Å². The van der Waals surface area contributed by atoms with E-state index in [0.717, 1.165) is 39.2 Å². The summed E-state index contributed by atoms with van der Waals surface area (Å²) in [6, 6.07) is 25.5. The second kappa shape index (κ2) is 10.9. The predicted molar refractivity (Wildman–Crippen MR) is 160 cm³/mol. The Morgan fingerprint density at radius 1 is 0.950 bits per heavy atom. The first kappa shape index (κ1) is 25.6. The van der Waals surface area contributed by atoms with Crippen molar-refractivity contribution in [3.05, 3.63) is 101 Å². The number of carbonyl (C=O) groups is 1. The van der Waals surface area contributed by atoms with E-state index in [4.69, 9.17) is 14.9 Å². The third kappa shape index (κ3) is 4.91. The molecule has 0 aliphatic carbocycles. The summed E-state index contributed by atoms with van der Waals surface area (Å²) < 4.78 is 14.1. The predicted octanol–water partition coefficient (Wildman–Crippen LogP) is 6.04. The van der Waals surface area contributed by atoms with E-state index in [1.54, 1.807) is 6.08 Å². The summed E-state index contributed by atoms with van der Waals surface area (Å²) in [6.07, 6.45) is 1.76. The molecule has 1 amide bonds. The lowest BCUT2D eigenvalue weighted by Crippen LogP contribution is -2.35. The number of fused-ring (bicyclic) bond motifs is 2. The third-order valence-corrected chi connectivity index (χ3v) is 7.72. The number of hydrogen-bond donors (Lipinski definition) is 1. The Labute approximate surface area is 236 Å². The minimum atomic E-state index is -0.455. The highest BCUT2D eigenvalue weighted by Gasteiger charge is 2.36. The zero-order valence-corrected chi connectivity index (χ0v) is 22.9. The van der Waals surface area contributed by atoms with E-state index in [-0.39, 0.29) is 18.0 Å². The number of amides is 1. The van der Waals surface area contributed by atoms with Gasteiger partial charge in [-0.05, 0) is 61.5 Å². The fourth-order valence-electron chi connectivity index (χ4n) is 4.79. The smallest absolute Gasteiger partial charge is 0.283 e. The van der Waals surface area contributed by atoms with Gasteiger partial charge in [0.25, 0.3) is 5.91 Å². The first-order chi connectivity index (χ1) is 19.5. The zero-order valence-electron chi connectivity index (χ0n) is 22.1. The Morgan fingerprint density at radius 2 is 1.70 bits per heavy atom. The van der Waals surface area contributed by atoms with Crippen LogP contribution in [-0.4, -0.2) is 44.7 Å². The average molecular weight is 550 g/mol. The van der Waals surface area contributed by atoms with Crippen LogP contribution in [0, 0.1) is 19.3 Å². The summed E-state index contributed by atoms with van der Waals surface area (Å²) in [5.41, 5.74) is 4.18. The highest BCUT2D eigenvalue weighted by atomic mass is 32.2. The van der Waals surface area contributed by atoms with Gasteiger partial charge in [-0.1, -0.05) is 54.6 Å². The summed E-state index contributed by atoms with van der Waals surface area (Å²) in [4.78, 5) is 17.4. The van der Waals surface area contributed by atoms with Gasteiger partial charge in [0.15, 0.2) is 5.84 Å². The molecule has 0 saturated heterocycles. The van der Waals surface area contributed by atoms with E-state index in [2.05, 4.69) is 20.7 Å². The van der Waals surface area contributed by atoms with Crippen LogP contribution in [0.3, 0.4) is 0 Å². The number of hydrogen-bond acceptors (Lipinski definition) is 6. The molecule has 0 radical (unpaired) electrons. The molecule has 4 aromatic rings. The molecule has 0 unspecified atom stereocenters. The van der Waals surface area contributed by atoms with Crippen LogP contribution in [0.5, 0.6) is 11.5 Å². The number of nitrogens with zero attached hydrogens (tertiary/aromatic N) is 4. The number of hydrazone groups is 1. The van der Waals surface area contributed by atoms with Crippen molar-refractivity contribution in [1.82, 2.24) is 9.58 Å². The van der Waals surface area contributed by atoms with Crippen molar-refractivity contribution in [2.45, 2.75) is 20.4 Å². The molecule has 0 fully saturated rings. The molecule has 3 aromatic carbocycles. The van der Waals surface area contributed by atoms with Gasteiger partial charge in [0.1, 0.15) is 29.8 Å². The molecule has 1 aromatic heterocycles. The van der Waals surface area contributed by atoms with Crippen LogP contribution in [0.25, 0.3) is 17.0 Å². The Balaban J connectivity index is 1.26. The molecule has 40 heavy (non-hydrogen) atoms. The fourth-order valence-corrected chi connectivity index (χ4v) is 5.59. The van der Waals surface area contributed by atoms with Gasteiger partial charge in [-0.25, -0.2) is 0 Å². The third-order valence-electron chi connectivity index (χ3n) is 6.84. The van der Waals surface area contributed by atoms with Gasteiger partial charge in [0, 0.05) is 22.2 Å². The number of aliphatic imine (C=N–C) groups is 1. The molecule has 0 bridgehead atoms. The molecule has 8 nitrogen and oxygen atoms in total. The van der Waals surface area contributed by atoms with E-state index in [0.29, 0.717) is 23.4 Å². The molecular weight excluding hydrogens is 522 g/mol. The topological polar surface area (TPSA) is 92.3 Å². The number of carbonyl (C=O) groups excluding carboxylic acids is 1. The van der Waals surface area contributed by atoms with E-state index in [1.165, 1.54) is 16.8 Å². The number of amidine groups is 2. The summed E-state index contributed by atoms with van der Waals surface area (Å²) in [5.74, 6) is 1.13. The van der Waals surface area contributed by atoms with Gasteiger partial charge >= 0.3 is 0 Å². The van der Waals surface area contributed by atoms with Crippen molar-refractivity contribution >= 4 is 50.7 Å². The van der Waals surface area contributed by atoms with Crippen molar-refractivity contribution in [2.75, 3.05) is 13.2 Å². The molecule has 3 heterocycles. The first-order valence-corrected chi connectivity index (χ1v) is 13.7. The van der Waals surface area contributed by atoms with E-state index in [1.807, 2.05) is 86.6 Å². The second-order valence-corrected chi connectivity index (χ2v) is 10.4. The summed E-state index contributed by atoms with van der Waals surface area (Å²) in [7, 11) is 0. The number of nitrogens with one attached hydrogen (secondary N) is 1. The highest BCUT2D eigenvalue weighted by molar-refractivity contribution is 8.27. The minimum Gasteiger partial charge on any atom is -0.491 e. The first-order valence-electron chi connectivity index (χ1n) is 12.9. The number of benzene rings is 3. The van der Waals surface area contributed by atoms with Gasteiger partial charge in [-0.2, -0.15) is 15.1 Å². The minimum absolute atomic E-state index is 0.00340. The maximum atomic E-state index is 13.1. The number of aromatic nitrogens is 1. The molecule has 9 heteroatoms. The lowest BCUT2D eigenvalue weighted by molar-refractivity contribution is -0.114. The monoisotopic (exact) mass is 549 g/mol. The van der Waals surface area contributed by atoms with Crippen molar-refractivity contribution in [2.24, 2.45) is 10.1 Å². The van der Waals surface area contributed by atoms with Gasteiger partial charge in [0.05, 0.1) is 12.1 Å². The largest absolute Gasteiger partial charge is 0.491 e. The number of aryl methyl sites for hydroxylation is 1. The quantitative estimate of drug-likeness (QED) is 0.271. The number of para-hydroxylation sites is 3. The molecule has 6 rings (SSSR count). The Kier molecular flexibility index (Phi) is 6.96. The van der Waals surface area contributed by atoms with E-state index in [9.17, 15) is 4.79 Å². The van der Waals surface area contributed by atoms with Crippen LogP contribution in [-0.2, 0) is 11.3 Å². The molecule has 0 atom stereocenters. The number of rotatable bonds is 8. The molecule has 2 aliphatic heterocycles. The van der Waals surface area contributed by atoms with Crippen LogP contribution < -0.4 is 9.47 Å². The Morgan fingerprint density at radius 3 is 2.52 bits per heavy atom. The van der Waals surface area contributed by atoms with Crippen LogP contribution in [0.15, 0.2) is 94.5 Å². The van der Waals surface area contributed by atoms with Crippen LogP contribution >= 0.6 is 11.8 Å². The summed E-state index contributed by atoms with van der Waals surface area (Å²) in [5, 5.41) is 16.7. The highest BCUT2D eigenvalue weighted by Crippen LogP contribution is 2.32. The maximum absolute atomic E-state index is 13.1. The van der Waals surface area contributed by atoms with Gasteiger partial charge in [-0.15, -0.1) is 0 Å². The molecule has 0 saturated carbocycles. The molecule has 200 valence electrons. The van der Waals surface area contributed by atoms with Crippen LogP contribution in [0.1, 0.15) is 16.8 Å². The lowest BCUT2D eigenvalue weighted by Gasteiger charge is -2.20. The maximum Gasteiger partial charge on any atom is 0.283 e. The van der Waals surface area contributed by atoms with Gasteiger partial charge < -0.3 is 14.0 Å². The average Bonchev–Trinajstić information content (AvgIpc) is 3.50. The number of thioether (sulfide) groups is 1. The van der Waals surface area contributed by atoms with Crippen LogP contribution in [0.4, 0.5) is 0 Å². The Hall–Kier alpha value is -4.63. The van der Waals surface area contributed by atoms with Crippen molar-refractivity contribution < 1.29 is 14.3 Å². The normalized spacial score (nSPS) is 15.8. The van der Waals surface area contributed by atoms with Crippen molar-refractivity contribution in [3.8, 4) is 11.5 Å². The molecule has 0 spiro atoms. The second-order valence-electron chi connectivity index (χ2n) is 9.40. The van der Waals surface area contributed by atoms with Gasteiger partial charge in [0.2, 0.25) is 5.17 Å². The number of ether oxygens (including phenoxy) is 2. The Bertz CT molecular complexity index is 1720. The SMILES string of the molecule is Cc1ccccc1OCCn1c(C)c(/C=C2/C(=N)N3N=C(COc4ccccc4)SC3=NC2=O)c2ccccc21. The fraction of sp³-hybridized carbons (Fsp3) is 0.161. The lowest BCUT2D eigenvalue weighted by atomic mass is 10.1. The molecule has 2 aliphatic rings. The molecule has 1 N–H and O–H groups in total. The summed E-state index contributed by atoms with van der Waals surface area (Å²) in [6.45, 7) is 5.41. The van der Waals surface area contributed by atoms with Crippen LogP contribution in [0.2, 0.25) is 0 Å². The van der Waals surface area contributed by atoms with E-state index < -0.39 is 5.91 Å². The van der Waals surface area contributed by atoms with E-state index >= 15 is 0 Å². The molecular formula is C31H27N5O3S. The zero-order chi connectivity index (χ0) is 27.6.